The molecule has 0 aliphatic rings. The van der Waals surface area contributed by atoms with Gasteiger partial charge in [0.05, 0.1) is 18.8 Å². The number of nitrogens with one attached hydrogen (secondary N) is 1. The van der Waals surface area contributed by atoms with E-state index in [-0.39, 0.29) is 0 Å². The minimum Gasteiger partial charge on any atom is -0.394 e. The Morgan fingerprint density at radius 2 is 0.568 bits per heavy atom. The van der Waals surface area contributed by atoms with Crippen molar-refractivity contribution < 1.29 is 25.2 Å². The van der Waals surface area contributed by atoms with Gasteiger partial charge < -0.3 is 25.7 Å². The molecule has 0 spiro atoms. The topological polar surface area (TPSA) is 110 Å². The highest BCUT2D eigenvalue weighted by Crippen LogP contribution is 2.19. The predicted molar refractivity (Wildman–Crippen MR) is 325 cm³/mol. The van der Waals surface area contributed by atoms with Crippen molar-refractivity contribution >= 4 is 5.91 Å². The fraction of sp³-hybridized carbons (Fsp3) is 0.897. The van der Waals surface area contributed by atoms with E-state index in [1.807, 2.05) is 0 Å². The summed E-state index contributed by atoms with van der Waals surface area (Å²) >= 11 is 0. The Labute approximate surface area is 462 Å². The first kappa shape index (κ1) is 72.5. The summed E-state index contributed by atoms with van der Waals surface area (Å²) in [5, 5.41) is 44.1. The second kappa shape index (κ2) is 62.4. The first-order valence-corrected chi connectivity index (χ1v) is 33.4. The van der Waals surface area contributed by atoms with Crippen molar-refractivity contribution in [2.24, 2.45) is 0 Å². The Kier molecular flexibility index (Phi) is 61.1. The third-order valence-electron chi connectivity index (χ3n) is 15.8. The highest BCUT2D eigenvalue weighted by atomic mass is 16.3. The maximum atomic E-state index is 12.6. The third-order valence-corrected chi connectivity index (χ3v) is 15.8. The molecular formula is C68H131NO5. The molecule has 0 aromatic carbocycles. The van der Waals surface area contributed by atoms with Crippen LogP contribution < -0.4 is 5.32 Å². The van der Waals surface area contributed by atoms with Crippen LogP contribution in [0.15, 0.2) is 36.5 Å². The van der Waals surface area contributed by atoms with Crippen LogP contribution in [0.25, 0.3) is 0 Å². The Balaban J connectivity index is 3.62. The molecule has 0 bridgehead atoms. The fourth-order valence-electron chi connectivity index (χ4n) is 10.6. The zero-order valence-corrected chi connectivity index (χ0v) is 49.9. The van der Waals surface area contributed by atoms with Crippen LogP contribution in [-0.2, 0) is 4.79 Å². The third kappa shape index (κ3) is 55.3. The van der Waals surface area contributed by atoms with Crippen molar-refractivity contribution in [1.82, 2.24) is 5.32 Å². The normalized spacial score (nSPS) is 13.8. The fourth-order valence-corrected chi connectivity index (χ4v) is 10.6. The van der Waals surface area contributed by atoms with E-state index in [1.54, 1.807) is 0 Å². The molecule has 74 heavy (non-hydrogen) atoms. The maximum Gasteiger partial charge on any atom is 0.249 e. The summed E-state index contributed by atoms with van der Waals surface area (Å²) in [4.78, 5) is 12.6. The molecule has 1 amide bonds. The van der Waals surface area contributed by atoms with Crippen molar-refractivity contribution in [2.45, 2.75) is 385 Å². The van der Waals surface area contributed by atoms with E-state index in [2.05, 4.69) is 55.6 Å². The summed E-state index contributed by atoms with van der Waals surface area (Å²) in [5.74, 6) is -0.593. The molecule has 5 N–H and O–H groups in total. The first-order chi connectivity index (χ1) is 36.5. The molecule has 6 nitrogen and oxygen atoms in total. The average molecular weight is 1040 g/mol. The summed E-state index contributed by atoms with van der Waals surface area (Å²) in [7, 11) is 0. The van der Waals surface area contributed by atoms with Crippen molar-refractivity contribution in [2.75, 3.05) is 6.61 Å². The van der Waals surface area contributed by atoms with Gasteiger partial charge in [0.2, 0.25) is 5.91 Å². The van der Waals surface area contributed by atoms with Crippen LogP contribution in [0.4, 0.5) is 0 Å². The first-order valence-electron chi connectivity index (χ1n) is 33.4. The summed E-state index contributed by atoms with van der Waals surface area (Å²) in [6, 6.07) is -1.01. The highest BCUT2D eigenvalue weighted by Gasteiger charge is 2.28. The summed E-state index contributed by atoms with van der Waals surface area (Å²) in [6.45, 7) is 4.09. The van der Waals surface area contributed by atoms with Gasteiger partial charge in [-0.1, -0.05) is 333 Å². The number of amides is 1. The van der Waals surface area contributed by atoms with E-state index < -0.39 is 36.9 Å². The summed E-state index contributed by atoms with van der Waals surface area (Å²) in [5.41, 5.74) is 0. The zero-order valence-electron chi connectivity index (χ0n) is 49.9. The van der Waals surface area contributed by atoms with Crippen LogP contribution in [0.2, 0.25) is 0 Å². The maximum absolute atomic E-state index is 12.6. The molecule has 0 heterocycles. The molecule has 0 saturated carbocycles. The second-order valence-electron chi connectivity index (χ2n) is 23.2. The molecule has 0 aromatic heterocycles. The van der Waals surface area contributed by atoms with E-state index in [0.717, 1.165) is 51.4 Å². The number of carbonyl (C=O) groups excluding carboxylic acids is 1. The molecule has 6 heteroatoms. The number of hydrogen-bond acceptors (Lipinski definition) is 5. The lowest BCUT2D eigenvalue weighted by Gasteiger charge is -2.27. The van der Waals surface area contributed by atoms with Gasteiger partial charge >= 0.3 is 0 Å². The molecule has 0 fully saturated rings. The number of hydrogen-bond donors (Lipinski definition) is 5. The standard InChI is InChI=1S/C68H131NO5/c1-3-5-7-9-11-13-15-17-19-21-23-25-27-29-31-33-35-37-39-41-43-45-47-49-51-53-55-57-59-61-65(71)67(73)64(63-70)69-68(74)66(72)62-60-58-56-54-52-50-48-46-44-42-40-38-36-34-32-30-28-26-24-22-20-18-16-14-12-10-8-6-4-2/h37,39,45,47,53,55,64-67,70-73H,3-36,38,40-44,46,48-52,54,56-63H2,1-2H3,(H,69,74)/b39-37+,47-45+,55-53+. The molecule has 0 saturated heterocycles. The van der Waals surface area contributed by atoms with Gasteiger partial charge in [-0.25, -0.2) is 0 Å². The Bertz CT molecular complexity index is 1170. The van der Waals surface area contributed by atoms with Crippen LogP contribution in [0, 0.1) is 0 Å². The van der Waals surface area contributed by atoms with Crippen LogP contribution in [0.1, 0.15) is 361 Å². The van der Waals surface area contributed by atoms with Gasteiger partial charge in [-0.2, -0.15) is 0 Å². The lowest BCUT2D eigenvalue weighted by molar-refractivity contribution is -0.132. The largest absolute Gasteiger partial charge is 0.394 e. The van der Waals surface area contributed by atoms with E-state index in [4.69, 9.17) is 0 Å². The Morgan fingerprint density at radius 3 is 0.851 bits per heavy atom. The van der Waals surface area contributed by atoms with Gasteiger partial charge in [-0.15, -0.1) is 0 Å². The molecule has 0 aliphatic carbocycles. The van der Waals surface area contributed by atoms with E-state index in [9.17, 15) is 25.2 Å². The number of aliphatic hydroxyl groups excluding tert-OH is 4. The van der Waals surface area contributed by atoms with Gasteiger partial charge in [-0.3, -0.25) is 4.79 Å². The van der Waals surface area contributed by atoms with Crippen molar-refractivity contribution in [3.05, 3.63) is 36.5 Å². The van der Waals surface area contributed by atoms with Gasteiger partial charge in [0.25, 0.3) is 0 Å². The number of rotatable bonds is 62. The molecule has 0 rings (SSSR count). The molecule has 4 unspecified atom stereocenters. The molecule has 0 aromatic rings. The molecule has 438 valence electrons. The molecule has 4 atom stereocenters. The second-order valence-corrected chi connectivity index (χ2v) is 23.2. The van der Waals surface area contributed by atoms with Gasteiger partial charge in [0.1, 0.15) is 12.2 Å². The van der Waals surface area contributed by atoms with Crippen LogP contribution in [-0.4, -0.2) is 57.3 Å². The quantitative estimate of drug-likeness (QED) is 0.0308. The smallest absolute Gasteiger partial charge is 0.249 e. The van der Waals surface area contributed by atoms with E-state index >= 15 is 0 Å². The number of unbranched alkanes of at least 4 members (excludes halogenated alkanes) is 47. The predicted octanol–water partition coefficient (Wildman–Crippen LogP) is 20.3. The van der Waals surface area contributed by atoms with E-state index in [1.165, 1.54) is 276 Å². The molecule has 0 radical (unpaired) electrons. The lowest BCUT2D eigenvalue weighted by Crippen LogP contribution is -2.53. The molecular weight excluding hydrogens is 911 g/mol. The highest BCUT2D eigenvalue weighted by molar-refractivity contribution is 5.80. The number of allylic oxidation sites excluding steroid dienone is 6. The van der Waals surface area contributed by atoms with Gasteiger partial charge in [0.15, 0.2) is 0 Å². The van der Waals surface area contributed by atoms with Crippen molar-refractivity contribution in [3.63, 3.8) is 0 Å². The Morgan fingerprint density at radius 1 is 0.324 bits per heavy atom. The minimum atomic E-state index is -1.29. The Hall–Kier alpha value is -1.47. The zero-order chi connectivity index (χ0) is 53.7. The van der Waals surface area contributed by atoms with Gasteiger partial charge in [-0.05, 0) is 64.2 Å². The minimum absolute atomic E-state index is 0.362. The molecule has 0 aliphatic heterocycles. The van der Waals surface area contributed by atoms with Crippen LogP contribution in [0.5, 0.6) is 0 Å². The summed E-state index contributed by atoms with van der Waals surface area (Å²) in [6.07, 6.45) is 79.8. The van der Waals surface area contributed by atoms with E-state index in [0.29, 0.717) is 19.3 Å². The SMILES string of the molecule is CCCCCCCCCCCCCCCCCC/C=C/CC/C=C/CC/C=C/CCCC(O)C(O)C(CO)NC(=O)C(O)CCCCCCCCCCCCCCCCCCCCCCCCCCCCCCC. The van der Waals surface area contributed by atoms with Crippen molar-refractivity contribution in [1.29, 1.82) is 0 Å². The number of aliphatic hydroxyl groups is 4. The van der Waals surface area contributed by atoms with Crippen LogP contribution >= 0.6 is 0 Å². The lowest BCUT2D eigenvalue weighted by atomic mass is 10.00. The van der Waals surface area contributed by atoms with Crippen molar-refractivity contribution in [3.8, 4) is 0 Å². The van der Waals surface area contributed by atoms with Gasteiger partial charge in [0, 0.05) is 0 Å². The average Bonchev–Trinajstić information content (AvgIpc) is 3.41. The monoisotopic (exact) mass is 1040 g/mol. The summed E-state index contributed by atoms with van der Waals surface area (Å²) < 4.78 is 0. The number of carbonyl (C=O) groups is 1. The van der Waals surface area contributed by atoms with Crippen LogP contribution in [0.3, 0.4) is 0 Å².